The Hall–Kier alpha value is -1.88. The highest BCUT2D eigenvalue weighted by Crippen LogP contribution is 2.08. The van der Waals surface area contributed by atoms with Crippen molar-refractivity contribution in [1.29, 1.82) is 0 Å². The second-order valence-electron chi connectivity index (χ2n) is 3.78. The zero-order valence-electron chi connectivity index (χ0n) is 9.93. The van der Waals surface area contributed by atoms with Gasteiger partial charge in [0.2, 0.25) is 5.91 Å². The summed E-state index contributed by atoms with van der Waals surface area (Å²) in [5.74, 6) is -0.0128. The van der Waals surface area contributed by atoms with E-state index in [0.717, 1.165) is 11.6 Å². The van der Waals surface area contributed by atoms with Crippen LogP contribution >= 0.6 is 11.3 Å². The maximum absolute atomic E-state index is 11.5. The lowest BCUT2D eigenvalue weighted by Crippen LogP contribution is -2.31. The highest BCUT2D eigenvalue weighted by atomic mass is 32.1. The van der Waals surface area contributed by atoms with E-state index in [2.05, 4.69) is 27.8 Å². The second kappa shape index (κ2) is 6.76. The average Bonchev–Trinajstić information content (AvgIpc) is 2.91. The van der Waals surface area contributed by atoms with E-state index in [-0.39, 0.29) is 12.5 Å². The summed E-state index contributed by atoms with van der Waals surface area (Å²) < 4.78 is 0. The van der Waals surface area contributed by atoms with Gasteiger partial charge in [0.1, 0.15) is 0 Å². The van der Waals surface area contributed by atoms with Crippen molar-refractivity contribution in [2.75, 3.05) is 18.4 Å². The topological polar surface area (TPSA) is 54.0 Å². The molecule has 0 saturated carbocycles. The molecule has 0 saturated heterocycles. The summed E-state index contributed by atoms with van der Waals surface area (Å²) in [6.07, 6.45) is 2.56. The number of nitrogens with zero attached hydrogens (tertiary/aromatic N) is 1. The normalized spacial score (nSPS) is 10.0. The van der Waals surface area contributed by atoms with Crippen molar-refractivity contribution in [3.05, 3.63) is 47.5 Å². The van der Waals surface area contributed by atoms with Crippen LogP contribution in [0.3, 0.4) is 0 Å². The number of hydrogen-bond donors (Lipinski definition) is 2. The largest absolute Gasteiger partial charge is 0.354 e. The lowest BCUT2D eigenvalue weighted by Gasteiger charge is -2.05. The third kappa shape index (κ3) is 4.18. The van der Waals surface area contributed by atoms with E-state index < -0.39 is 0 Å². The van der Waals surface area contributed by atoms with Gasteiger partial charge in [0.15, 0.2) is 5.13 Å². The van der Waals surface area contributed by atoms with E-state index >= 15 is 0 Å². The number of amides is 1. The van der Waals surface area contributed by atoms with Crippen molar-refractivity contribution in [2.24, 2.45) is 0 Å². The lowest BCUT2D eigenvalue weighted by atomic mass is 10.1. The van der Waals surface area contributed by atoms with E-state index in [1.807, 2.05) is 23.6 Å². The molecule has 0 spiro atoms. The highest BCUT2D eigenvalue weighted by molar-refractivity contribution is 7.13. The van der Waals surface area contributed by atoms with Crippen molar-refractivity contribution in [3.63, 3.8) is 0 Å². The molecular formula is C13H15N3OS. The molecule has 2 rings (SSSR count). The van der Waals surface area contributed by atoms with Crippen LogP contribution in [-0.2, 0) is 11.2 Å². The number of hydrogen-bond acceptors (Lipinski definition) is 4. The van der Waals surface area contributed by atoms with E-state index in [4.69, 9.17) is 0 Å². The van der Waals surface area contributed by atoms with Crippen molar-refractivity contribution in [3.8, 4) is 0 Å². The maximum Gasteiger partial charge on any atom is 0.239 e. The van der Waals surface area contributed by atoms with Crippen molar-refractivity contribution in [1.82, 2.24) is 10.3 Å². The van der Waals surface area contributed by atoms with Gasteiger partial charge in [-0.1, -0.05) is 30.3 Å². The van der Waals surface area contributed by atoms with Crippen LogP contribution in [0.2, 0.25) is 0 Å². The lowest BCUT2D eigenvalue weighted by molar-refractivity contribution is -0.119. The molecule has 94 valence electrons. The molecule has 0 fully saturated rings. The van der Waals surface area contributed by atoms with Gasteiger partial charge in [0, 0.05) is 18.1 Å². The predicted octanol–water partition coefficient (Wildman–Crippen LogP) is 1.91. The smallest absolute Gasteiger partial charge is 0.239 e. The minimum atomic E-state index is -0.0128. The van der Waals surface area contributed by atoms with Gasteiger partial charge in [-0.3, -0.25) is 4.79 Å². The first-order valence-corrected chi connectivity index (χ1v) is 6.66. The van der Waals surface area contributed by atoms with Crippen LogP contribution in [0.1, 0.15) is 5.56 Å². The Bertz CT molecular complexity index is 470. The first kappa shape index (κ1) is 12.6. The first-order valence-electron chi connectivity index (χ1n) is 5.78. The maximum atomic E-state index is 11.5. The number of anilines is 1. The fourth-order valence-electron chi connectivity index (χ4n) is 1.52. The van der Waals surface area contributed by atoms with Crippen LogP contribution in [0.25, 0.3) is 0 Å². The minimum Gasteiger partial charge on any atom is -0.354 e. The molecule has 5 heteroatoms. The fraction of sp³-hybridized carbons (Fsp3) is 0.231. The van der Waals surface area contributed by atoms with Crippen molar-refractivity contribution in [2.45, 2.75) is 6.42 Å². The summed E-state index contributed by atoms with van der Waals surface area (Å²) in [4.78, 5) is 15.6. The first-order chi connectivity index (χ1) is 8.84. The summed E-state index contributed by atoms with van der Waals surface area (Å²) in [7, 11) is 0. The summed E-state index contributed by atoms with van der Waals surface area (Å²) in [5.41, 5.74) is 1.23. The highest BCUT2D eigenvalue weighted by Gasteiger charge is 2.01. The molecule has 0 bridgehead atoms. The summed E-state index contributed by atoms with van der Waals surface area (Å²) in [6.45, 7) is 0.921. The van der Waals surface area contributed by atoms with Crippen LogP contribution in [0.15, 0.2) is 41.9 Å². The zero-order valence-corrected chi connectivity index (χ0v) is 10.7. The molecule has 1 aromatic heterocycles. The number of rotatable bonds is 6. The van der Waals surface area contributed by atoms with E-state index in [9.17, 15) is 4.79 Å². The SMILES string of the molecule is O=C(CNc1nccs1)NCCc1ccccc1. The molecule has 0 aliphatic heterocycles. The molecular weight excluding hydrogens is 246 g/mol. The van der Waals surface area contributed by atoms with Crippen LogP contribution < -0.4 is 10.6 Å². The molecule has 0 atom stereocenters. The van der Waals surface area contributed by atoms with Gasteiger partial charge in [-0.15, -0.1) is 11.3 Å². The Morgan fingerprint density at radius 3 is 2.83 bits per heavy atom. The Morgan fingerprint density at radius 2 is 2.11 bits per heavy atom. The predicted molar refractivity (Wildman–Crippen MR) is 73.8 cm³/mol. The molecule has 2 aromatic rings. The van der Waals surface area contributed by atoms with Crippen LogP contribution in [0, 0.1) is 0 Å². The van der Waals surface area contributed by atoms with Gasteiger partial charge in [0.25, 0.3) is 0 Å². The summed E-state index contributed by atoms with van der Waals surface area (Å²) in [5, 5.41) is 8.48. The van der Waals surface area contributed by atoms with Gasteiger partial charge >= 0.3 is 0 Å². The molecule has 0 unspecified atom stereocenters. The summed E-state index contributed by atoms with van der Waals surface area (Å²) >= 11 is 1.48. The number of thiazole rings is 1. The van der Waals surface area contributed by atoms with Gasteiger partial charge in [0.05, 0.1) is 6.54 Å². The molecule has 1 amide bonds. The summed E-state index contributed by atoms with van der Waals surface area (Å²) in [6, 6.07) is 10.1. The third-order valence-corrected chi connectivity index (χ3v) is 3.14. The van der Waals surface area contributed by atoms with Crippen molar-refractivity contribution < 1.29 is 4.79 Å². The Labute approximate surface area is 110 Å². The number of nitrogens with one attached hydrogen (secondary N) is 2. The molecule has 0 radical (unpaired) electrons. The van der Waals surface area contributed by atoms with Gasteiger partial charge < -0.3 is 10.6 Å². The minimum absolute atomic E-state index is 0.0128. The third-order valence-electron chi connectivity index (χ3n) is 2.41. The van der Waals surface area contributed by atoms with Gasteiger partial charge in [-0.25, -0.2) is 4.98 Å². The number of carbonyl (C=O) groups excluding carboxylic acids is 1. The second-order valence-corrected chi connectivity index (χ2v) is 4.67. The molecule has 18 heavy (non-hydrogen) atoms. The Kier molecular flexibility index (Phi) is 4.72. The number of aromatic nitrogens is 1. The molecule has 0 aliphatic carbocycles. The van der Waals surface area contributed by atoms with Gasteiger partial charge in [-0.2, -0.15) is 0 Å². The Balaban J connectivity index is 1.63. The van der Waals surface area contributed by atoms with E-state index in [1.54, 1.807) is 6.20 Å². The fourth-order valence-corrected chi connectivity index (χ4v) is 2.05. The monoisotopic (exact) mass is 261 g/mol. The van der Waals surface area contributed by atoms with Gasteiger partial charge in [-0.05, 0) is 12.0 Å². The molecule has 4 nitrogen and oxygen atoms in total. The number of benzene rings is 1. The molecule has 1 aromatic carbocycles. The van der Waals surface area contributed by atoms with E-state index in [1.165, 1.54) is 16.9 Å². The van der Waals surface area contributed by atoms with Crippen LogP contribution in [0.5, 0.6) is 0 Å². The molecule has 1 heterocycles. The van der Waals surface area contributed by atoms with Crippen molar-refractivity contribution >= 4 is 22.4 Å². The standard InChI is InChI=1S/C13H15N3OS/c17-12(10-16-13-15-8-9-18-13)14-7-6-11-4-2-1-3-5-11/h1-5,8-9H,6-7,10H2,(H,14,17)(H,15,16). The van der Waals surface area contributed by atoms with Crippen LogP contribution in [-0.4, -0.2) is 24.0 Å². The Morgan fingerprint density at radius 1 is 1.28 bits per heavy atom. The quantitative estimate of drug-likeness (QED) is 0.835. The number of carbonyl (C=O) groups is 1. The average molecular weight is 261 g/mol. The molecule has 2 N–H and O–H groups in total. The molecule has 0 aliphatic rings. The van der Waals surface area contributed by atoms with Crippen LogP contribution in [0.4, 0.5) is 5.13 Å². The van der Waals surface area contributed by atoms with E-state index in [0.29, 0.717) is 6.54 Å². The zero-order chi connectivity index (χ0) is 12.6.